The zero-order chi connectivity index (χ0) is 17.7. The predicted molar refractivity (Wildman–Crippen MR) is 92.9 cm³/mol. The molecule has 0 spiro atoms. The van der Waals surface area contributed by atoms with Gasteiger partial charge >= 0.3 is 6.03 Å². The number of nitrogens with zero attached hydrogens (tertiary/aromatic N) is 1. The van der Waals surface area contributed by atoms with Crippen LogP contribution in [0.3, 0.4) is 0 Å². The van der Waals surface area contributed by atoms with Gasteiger partial charge in [-0.25, -0.2) is 4.79 Å². The Bertz CT molecular complexity index is 561. The van der Waals surface area contributed by atoms with Crippen molar-refractivity contribution in [3.05, 3.63) is 35.4 Å². The molecular weight excluding hydrogens is 306 g/mol. The molecule has 0 saturated carbocycles. The molecule has 6 heteroatoms. The largest absolute Gasteiger partial charge is 0.372 e. The normalized spacial score (nSPS) is 20.8. The Labute approximate surface area is 143 Å². The van der Waals surface area contributed by atoms with Crippen molar-refractivity contribution < 1.29 is 14.3 Å². The second-order valence-electron chi connectivity index (χ2n) is 6.65. The first-order valence-corrected chi connectivity index (χ1v) is 8.43. The lowest BCUT2D eigenvalue weighted by atomic mass is 10.1. The standard InChI is InChI=1S/C18H27N3O3/c1-12(2)20-18(23)19-9-15-5-7-16(8-6-15)17(22)21-10-13(3)24-14(4)11-21/h5-8,12-14H,9-11H2,1-4H3,(H2,19,20,23)/t13-,14+. The van der Waals surface area contributed by atoms with Crippen molar-refractivity contribution in [2.24, 2.45) is 0 Å². The van der Waals surface area contributed by atoms with Gasteiger partial charge in [0.2, 0.25) is 0 Å². The van der Waals surface area contributed by atoms with Crippen LogP contribution in [0.5, 0.6) is 0 Å². The molecule has 1 fully saturated rings. The van der Waals surface area contributed by atoms with Crippen LogP contribution in [-0.2, 0) is 11.3 Å². The first kappa shape index (κ1) is 18.3. The first-order chi connectivity index (χ1) is 11.3. The van der Waals surface area contributed by atoms with Gasteiger partial charge < -0.3 is 20.3 Å². The SMILES string of the molecule is CC(C)NC(=O)NCc1ccc(C(=O)N2C[C@@H](C)O[C@@H](C)C2)cc1. The molecule has 1 aromatic carbocycles. The molecule has 0 bridgehead atoms. The van der Waals surface area contributed by atoms with E-state index in [-0.39, 0.29) is 30.2 Å². The van der Waals surface area contributed by atoms with Gasteiger partial charge in [0, 0.05) is 31.2 Å². The third-order valence-corrected chi connectivity index (χ3v) is 3.78. The Balaban J connectivity index is 1.91. The van der Waals surface area contributed by atoms with Gasteiger partial charge in [0.05, 0.1) is 12.2 Å². The smallest absolute Gasteiger partial charge is 0.315 e. The quantitative estimate of drug-likeness (QED) is 0.887. The Morgan fingerprint density at radius 1 is 1.17 bits per heavy atom. The van der Waals surface area contributed by atoms with Crippen molar-refractivity contribution in [2.45, 2.75) is 52.5 Å². The molecule has 0 aliphatic carbocycles. The lowest BCUT2D eigenvalue weighted by Crippen LogP contribution is -2.48. The Hall–Kier alpha value is -2.08. The van der Waals surface area contributed by atoms with Crippen molar-refractivity contribution in [1.29, 1.82) is 0 Å². The van der Waals surface area contributed by atoms with Gasteiger partial charge in [-0.15, -0.1) is 0 Å². The highest BCUT2D eigenvalue weighted by atomic mass is 16.5. The van der Waals surface area contributed by atoms with Crippen molar-refractivity contribution in [1.82, 2.24) is 15.5 Å². The van der Waals surface area contributed by atoms with E-state index < -0.39 is 0 Å². The van der Waals surface area contributed by atoms with Crippen LogP contribution in [0.4, 0.5) is 4.79 Å². The lowest BCUT2D eigenvalue weighted by molar-refractivity contribution is -0.0586. The third kappa shape index (κ3) is 5.23. The van der Waals surface area contributed by atoms with Crippen molar-refractivity contribution in [3.63, 3.8) is 0 Å². The fourth-order valence-electron chi connectivity index (χ4n) is 2.79. The average molecular weight is 333 g/mol. The number of benzene rings is 1. The molecule has 2 rings (SSSR count). The number of morpholine rings is 1. The summed E-state index contributed by atoms with van der Waals surface area (Å²) in [4.78, 5) is 26.0. The van der Waals surface area contributed by atoms with Crippen LogP contribution in [0, 0.1) is 0 Å². The Morgan fingerprint density at radius 3 is 2.29 bits per heavy atom. The first-order valence-electron chi connectivity index (χ1n) is 8.43. The van der Waals surface area contributed by atoms with Crippen LogP contribution in [0.1, 0.15) is 43.6 Å². The molecule has 132 valence electrons. The second kappa shape index (κ2) is 8.15. The van der Waals surface area contributed by atoms with Gasteiger partial charge in [0.25, 0.3) is 5.91 Å². The molecule has 0 aromatic heterocycles. The molecule has 1 aliphatic rings. The summed E-state index contributed by atoms with van der Waals surface area (Å²) in [5.74, 6) is 0.0223. The zero-order valence-corrected chi connectivity index (χ0v) is 14.8. The number of hydrogen-bond donors (Lipinski definition) is 2. The summed E-state index contributed by atoms with van der Waals surface area (Å²) in [5, 5.41) is 5.56. The minimum atomic E-state index is -0.193. The number of rotatable bonds is 4. The van der Waals surface area contributed by atoms with Gasteiger partial charge in [-0.2, -0.15) is 0 Å². The average Bonchev–Trinajstić information content (AvgIpc) is 2.51. The molecule has 0 radical (unpaired) electrons. The van der Waals surface area contributed by atoms with Crippen molar-refractivity contribution in [3.8, 4) is 0 Å². The monoisotopic (exact) mass is 333 g/mol. The maximum Gasteiger partial charge on any atom is 0.315 e. The van der Waals surface area contributed by atoms with Crippen LogP contribution < -0.4 is 10.6 Å². The van der Waals surface area contributed by atoms with E-state index in [0.717, 1.165) is 5.56 Å². The Kier molecular flexibility index (Phi) is 6.20. The number of ether oxygens (including phenoxy) is 1. The molecule has 0 unspecified atom stereocenters. The predicted octanol–water partition coefficient (Wildman–Crippen LogP) is 2.14. The van der Waals surface area contributed by atoms with E-state index in [1.165, 1.54) is 0 Å². The van der Waals surface area contributed by atoms with Crippen molar-refractivity contribution >= 4 is 11.9 Å². The molecule has 24 heavy (non-hydrogen) atoms. The number of urea groups is 1. The van der Waals surface area contributed by atoms with Crippen LogP contribution >= 0.6 is 0 Å². The Morgan fingerprint density at radius 2 is 1.75 bits per heavy atom. The van der Waals surface area contributed by atoms with Crippen LogP contribution in [0.2, 0.25) is 0 Å². The summed E-state index contributed by atoms with van der Waals surface area (Å²) in [5.41, 5.74) is 1.61. The van der Waals surface area contributed by atoms with E-state index in [2.05, 4.69) is 10.6 Å². The summed E-state index contributed by atoms with van der Waals surface area (Å²) < 4.78 is 5.66. The number of hydrogen-bond acceptors (Lipinski definition) is 3. The summed E-state index contributed by atoms with van der Waals surface area (Å²) in [7, 11) is 0. The molecule has 2 N–H and O–H groups in total. The van der Waals surface area contributed by atoms with Crippen LogP contribution in [-0.4, -0.2) is 48.2 Å². The summed E-state index contributed by atoms with van der Waals surface area (Å²) >= 11 is 0. The molecule has 1 aromatic rings. The van der Waals surface area contributed by atoms with Gasteiger partial charge in [0.15, 0.2) is 0 Å². The fraction of sp³-hybridized carbons (Fsp3) is 0.556. The van der Waals surface area contributed by atoms with Crippen molar-refractivity contribution in [2.75, 3.05) is 13.1 Å². The molecule has 2 atom stereocenters. The lowest BCUT2D eigenvalue weighted by Gasteiger charge is -2.35. The van der Waals surface area contributed by atoms with Crippen LogP contribution in [0.25, 0.3) is 0 Å². The maximum absolute atomic E-state index is 12.6. The number of carbonyl (C=O) groups is 2. The highest BCUT2D eigenvalue weighted by Crippen LogP contribution is 2.15. The molecule has 1 aliphatic heterocycles. The van der Waals surface area contributed by atoms with Crippen LogP contribution in [0.15, 0.2) is 24.3 Å². The number of nitrogens with one attached hydrogen (secondary N) is 2. The second-order valence-corrected chi connectivity index (χ2v) is 6.65. The van der Waals surface area contributed by atoms with E-state index in [4.69, 9.17) is 4.74 Å². The van der Waals surface area contributed by atoms with E-state index in [1.807, 2.05) is 56.9 Å². The third-order valence-electron chi connectivity index (χ3n) is 3.78. The van der Waals surface area contributed by atoms with Gasteiger partial charge in [-0.3, -0.25) is 4.79 Å². The summed E-state index contributed by atoms with van der Waals surface area (Å²) in [6.45, 7) is 9.43. The fourth-order valence-corrected chi connectivity index (χ4v) is 2.79. The molecular formula is C18H27N3O3. The summed E-state index contributed by atoms with van der Waals surface area (Å²) in [6.07, 6.45) is 0.112. The summed E-state index contributed by atoms with van der Waals surface area (Å²) in [6, 6.07) is 7.27. The van der Waals surface area contributed by atoms with Gasteiger partial charge in [-0.05, 0) is 45.4 Å². The van der Waals surface area contributed by atoms with E-state index in [9.17, 15) is 9.59 Å². The molecule has 3 amide bonds. The minimum absolute atomic E-state index is 0.0223. The number of amides is 3. The molecule has 1 saturated heterocycles. The molecule has 1 heterocycles. The number of carbonyl (C=O) groups excluding carboxylic acids is 2. The highest BCUT2D eigenvalue weighted by molar-refractivity contribution is 5.94. The van der Waals surface area contributed by atoms with Gasteiger partial charge in [-0.1, -0.05) is 12.1 Å². The maximum atomic E-state index is 12.6. The minimum Gasteiger partial charge on any atom is -0.372 e. The highest BCUT2D eigenvalue weighted by Gasteiger charge is 2.26. The van der Waals surface area contributed by atoms with E-state index in [1.54, 1.807) is 0 Å². The van der Waals surface area contributed by atoms with E-state index in [0.29, 0.717) is 25.2 Å². The van der Waals surface area contributed by atoms with Gasteiger partial charge in [0.1, 0.15) is 0 Å². The topological polar surface area (TPSA) is 70.7 Å². The van der Waals surface area contributed by atoms with E-state index >= 15 is 0 Å². The molecule has 6 nitrogen and oxygen atoms in total. The zero-order valence-electron chi connectivity index (χ0n) is 14.8.